The summed E-state index contributed by atoms with van der Waals surface area (Å²) in [4.78, 5) is 19.8. The maximum absolute atomic E-state index is 12.6. The van der Waals surface area contributed by atoms with Crippen LogP contribution in [0.4, 0.5) is 0 Å². The molecule has 6 nitrogen and oxygen atoms in total. The van der Waals surface area contributed by atoms with Crippen LogP contribution in [0, 0.1) is 0 Å². The Morgan fingerprint density at radius 1 is 1.20 bits per heavy atom. The number of aromatic amines is 1. The largest absolute Gasteiger partial charge is 0.360 e. The second kappa shape index (κ2) is 6.52. The van der Waals surface area contributed by atoms with Crippen molar-refractivity contribution in [2.75, 3.05) is 5.75 Å². The summed E-state index contributed by atoms with van der Waals surface area (Å²) in [5, 5.41) is 10.1. The topological polar surface area (TPSA) is 76.5 Å². The lowest BCUT2D eigenvalue weighted by atomic mass is 10.1. The lowest BCUT2D eigenvalue weighted by Gasteiger charge is -2.03. The molecule has 3 aromatic heterocycles. The number of fused-ring (bicyclic) bond motifs is 1. The number of Topliss-reactive ketones (excluding diaryl/α,β-unsaturated/α-hetero) is 1. The third-order valence-electron chi connectivity index (χ3n) is 3.98. The van der Waals surface area contributed by atoms with Crippen LogP contribution < -0.4 is 0 Å². The van der Waals surface area contributed by atoms with Crippen LogP contribution in [0.5, 0.6) is 0 Å². The van der Waals surface area contributed by atoms with Crippen molar-refractivity contribution in [3.63, 3.8) is 0 Å². The van der Waals surface area contributed by atoms with E-state index in [1.54, 1.807) is 18.6 Å². The lowest BCUT2D eigenvalue weighted by Crippen LogP contribution is -2.03. The first kappa shape index (κ1) is 15.6. The minimum Gasteiger partial charge on any atom is -0.360 e. The van der Waals surface area contributed by atoms with Crippen molar-refractivity contribution < 1.29 is 4.79 Å². The second-order valence-electron chi connectivity index (χ2n) is 5.57. The maximum Gasteiger partial charge on any atom is 0.191 e. The number of H-pyrrole nitrogens is 1. The molecular weight excluding hydrogens is 334 g/mol. The smallest absolute Gasteiger partial charge is 0.191 e. The van der Waals surface area contributed by atoms with E-state index in [1.165, 1.54) is 11.8 Å². The number of thioether (sulfide) groups is 1. The number of nitrogens with one attached hydrogen (secondary N) is 1. The second-order valence-corrected chi connectivity index (χ2v) is 6.51. The summed E-state index contributed by atoms with van der Waals surface area (Å²) in [6.45, 7) is 0. The van der Waals surface area contributed by atoms with Crippen molar-refractivity contribution in [2.24, 2.45) is 7.05 Å². The van der Waals surface area contributed by atoms with E-state index < -0.39 is 0 Å². The highest BCUT2D eigenvalue weighted by molar-refractivity contribution is 7.99. The van der Waals surface area contributed by atoms with Gasteiger partial charge in [-0.05, 0) is 18.2 Å². The molecule has 4 aromatic rings. The van der Waals surface area contributed by atoms with Gasteiger partial charge in [0.05, 0.1) is 5.75 Å². The van der Waals surface area contributed by atoms with E-state index in [-0.39, 0.29) is 5.78 Å². The fourth-order valence-electron chi connectivity index (χ4n) is 2.70. The molecule has 124 valence electrons. The van der Waals surface area contributed by atoms with Crippen molar-refractivity contribution in [1.82, 2.24) is 24.7 Å². The van der Waals surface area contributed by atoms with Crippen molar-refractivity contribution >= 4 is 28.4 Å². The van der Waals surface area contributed by atoms with Gasteiger partial charge in [0, 0.05) is 47.7 Å². The number of hydrogen-bond acceptors (Lipinski definition) is 5. The average molecular weight is 349 g/mol. The molecule has 25 heavy (non-hydrogen) atoms. The summed E-state index contributed by atoms with van der Waals surface area (Å²) in [5.41, 5.74) is 2.57. The monoisotopic (exact) mass is 349 g/mol. The predicted octanol–water partition coefficient (Wildman–Crippen LogP) is 3.33. The summed E-state index contributed by atoms with van der Waals surface area (Å²) in [5.74, 6) is 1.10. The number of benzene rings is 1. The number of nitrogens with zero attached hydrogens (tertiary/aromatic N) is 4. The van der Waals surface area contributed by atoms with Crippen LogP contribution in [0.25, 0.3) is 22.3 Å². The number of carbonyl (C=O) groups excluding carboxylic acids is 1. The molecule has 0 spiro atoms. The molecule has 0 saturated heterocycles. The number of carbonyl (C=O) groups is 1. The molecule has 0 aliphatic carbocycles. The van der Waals surface area contributed by atoms with E-state index in [2.05, 4.69) is 20.2 Å². The zero-order valence-corrected chi connectivity index (χ0v) is 14.3. The Morgan fingerprint density at radius 2 is 2.08 bits per heavy atom. The third-order valence-corrected chi connectivity index (χ3v) is 5.00. The minimum atomic E-state index is 0.0633. The van der Waals surface area contributed by atoms with Gasteiger partial charge in [-0.3, -0.25) is 9.78 Å². The lowest BCUT2D eigenvalue weighted by molar-refractivity contribution is 0.102. The summed E-state index contributed by atoms with van der Waals surface area (Å²) >= 11 is 1.38. The normalized spacial score (nSPS) is 11.1. The average Bonchev–Trinajstić information content (AvgIpc) is 3.24. The minimum absolute atomic E-state index is 0.0633. The fraction of sp³-hybridized carbons (Fsp3) is 0.111. The first-order chi connectivity index (χ1) is 12.2. The molecule has 1 aromatic carbocycles. The Morgan fingerprint density at radius 3 is 2.92 bits per heavy atom. The van der Waals surface area contributed by atoms with E-state index in [9.17, 15) is 4.79 Å². The highest BCUT2D eigenvalue weighted by Crippen LogP contribution is 2.24. The fourth-order valence-corrected chi connectivity index (χ4v) is 3.49. The molecule has 0 amide bonds. The molecule has 0 saturated carbocycles. The van der Waals surface area contributed by atoms with Crippen LogP contribution in [0.3, 0.4) is 0 Å². The molecule has 4 rings (SSSR count). The van der Waals surface area contributed by atoms with Crippen LogP contribution in [0.15, 0.2) is 60.1 Å². The van der Waals surface area contributed by atoms with E-state index in [0.29, 0.717) is 16.5 Å². The number of aromatic nitrogens is 5. The SMILES string of the molecule is Cn1c(SCC(=O)c2c[nH]c3ccccc23)nnc1-c1cccnc1. The zero-order valence-electron chi connectivity index (χ0n) is 13.5. The summed E-state index contributed by atoms with van der Waals surface area (Å²) < 4.78 is 1.88. The van der Waals surface area contributed by atoms with Gasteiger partial charge in [-0.2, -0.15) is 0 Å². The van der Waals surface area contributed by atoms with Crippen molar-refractivity contribution in [3.8, 4) is 11.4 Å². The molecule has 0 atom stereocenters. The van der Waals surface area contributed by atoms with Gasteiger partial charge < -0.3 is 9.55 Å². The predicted molar refractivity (Wildman–Crippen MR) is 97.6 cm³/mol. The summed E-state index contributed by atoms with van der Waals surface area (Å²) in [7, 11) is 1.89. The summed E-state index contributed by atoms with van der Waals surface area (Å²) in [6, 6.07) is 11.6. The van der Waals surface area contributed by atoms with Crippen molar-refractivity contribution in [3.05, 3.63) is 60.6 Å². The van der Waals surface area contributed by atoms with Gasteiger partial charge in [0.1, 0.15) is 0 Å². The molecule has 0 fully saturated rings. The molecule has 0 aliphatic heterocycles. The van der Waals surface area contributed by atoms with Crippen LogP contribution in [0.1, 0.15) is 10.4 Å². The van der Waals surface area contributed by atoms with Gasteiger partial charge in [0.2, 0.25) is 0 Å². The summed E-state index contributed by atoms with van der Waals surface area (Å²) in [6.07, 6.45) is 5.23. The first-order valence-corrected chi connectivity index (χ1v) is 8.74. The number of rotatable bonds is 5. The highest BCUT2D eigenvalue weighted by Gasteiger charge is 2.16. The van der Waals surface area contributed by atoms with Crippen molar-refractivity contribution in [2.45, 2.75) is 5.16 Å². The van der Waals surface area contributed by atoms with E-state index in [0.717, 1.165) is 22.3 Å². The standard InChI is InChI=1S/C18H15N5OS/c1-23-17(12-5-4-8-19-9-12)21-22-18(23)25-11-16(24)14-10-20-15-7-3-2-6-13(14)15/h2-10,20H,11H2,1H3. The Hall–Kier alpha value is -2.93. The molecule has 7 heteroatoms. The molecule has 0 radical (unpaired) electrons. The van der Waals surface area contributed by atoms with Gasteiger partial charge in [-0.25, -0.2) is 0 Å². The van der Waals surface area contributed by atoms with E-state index >= 15 is 0 Å². The molecule has 0 bridgehead atoms. The molecular formula is C18H15N5OS. The van der Waals surface area contributed by atoms with Crippen LogP contribution in [0.2, 0.25) is 0 Å². The van der Waals surface area contributed by atoms with Gasteiger partial charge in [-0.1, -0.05) is 30.0 Å². The maximum atomic E-state index is 12.6. The Kier molecular flexibility index (Phi) is 4.07. The quantitative estimate of drug-likeness (QED) is 0.442. The first-order valence-electron chi connectivity index (χ1n) is 7.76. The Bertz CT molecular complexity index is 1040. The van der Waals surface area contributed by atoms with Gasteiger partial charge in [0.25, 0.3) is 0 Å². The van der Waals surface area contributed by atoms with Gasteiger partial charge in [0.15, 0.2) is 16.8 Å². The van der Waals surface area contributed by atoms with Crippen LogP contribution >= 0.6 is 11.8 Å². The van der Waals surface area contributed by atoms with Gasteiger partial charge >= 0.3 is 0 Å². The van der Waals surface area contributed by atoms with Crippen LogP contribution in [-0.2, 0) is 7.05 Å². The molecule has 0 unspecified atom stereocenters. The Balaban J connectivity index is 1.52. The third kappa shape index (κ3) is 2.94. The number of hydrogen-bond donors (Lipinski definition) is 1. The molecule has 0 aliphatic rings. The number of pyridine rings is 1. The number of ketones is 1. The molecule has 3 heterocycles. The molecule has 1 N–H and O–H groups in total. The highest BCUT2D eigenvalue weighted by atomic mass is 32.2. The van der Waals surface area contributed by atoms with E-state index in [4.69, 9.17) is 0 Å². The van der Waals surface area contributed by atoms with Crippen molar-refractivity contribution in [1.29, 1.82) is 0 Å². The number of para-hydroxylation sites is 1. The van der Waals surface area contributed by atoms with E-state index in [1.807, 2.05) is 48.0 Å². The van der Waals surface area contributed by atoms with Crippen LogP contribution in [-0.4, -0.2) is 36.3 Å². The zero-order chi connectivity index (χ0) is 17.2. The Labute approximate surface area is 148 Å². The van der Waals surface area contributed by atoms with Gasteiger partial charge in [-0.15, -0.1) is 10.2 Å².